The molecule has 0 aliphatic rings. The molecule has 0 N–H and O–H groups in total. The summed E-state index contributed by atoms with van der Waals surface area (Å²) in [7, 11) is 1.26. The molecule has 0 aromatic rings. The molecule has 0 aromatic heterocycles. The zero-order valence-corrected chi connectivity index (χ0v) is 12.0. The maximum Gasteiger partial charge on any atom is 0.433 e. The van der Waals surface area contributed by atoms with Crippen LogP contribution >= 0.6 is 0 Å². The van der Waals surface area contributed by atoms with Crippen molar-refractivity contribution in [1.29, 1.82) is 0 Å². The minimum Gasteiger partial charge on any atom is -0.451 e. The van der Waals surface area contributed by atoms with E-state index in [-0.39, 0.29) is 11.7 Å². The predicted octanol–water partition coefficient (Wildman–Crippen LogP) is 2.15. The number of Topliss-reactive ketones (excluding diaryl/α,β-unsaturated/α-hetero) is 1. The number of methoxy groups -OCH3 is 1. The molecule has 0 heterocycles. The van der Waals surface area contributed by atoms with E-state index in [0.29, 0.717) is 12.1 Å². The second kappa shape index (κ2) is 8.80. The Balaban J connectivity index is 4.73. The molecular weight excluding hydrogens is 232 g/mol. The van der Waals surface area contributed by atoms with Crippen molar-refractivity contribution >= 4 is 17.6 Å². The lowest BCUT2D eigenvalue weighted by Gasteiger charge is -2.18. The number of amides is 1. The van der Waals surface area contributed by atoms with Crippen molar-refractivity contribution < 1.29 is 14.3 Å². The highest BCUT2D eigenvalue weighted by atomic mass is 16.5. The molecule has 0 saturated heterocycles. The largest absolute Gasteiger partial charge is 0.451 e. The van der Waals surface area contributed by atoms with Gasteiger partial charge in [-0.25, -0.2) is 4.79 Å². The molecule has 0 saturated carbocycles. The average molecular weight is 256 g/mol. The highest BCUT2D eigenvalue weighted by Crippen LogP contribution is 2.03. The first-order valence-corrected chi connectivity index (χ1v) is 6.38. The molecule has 5 nitrogen and oxygen atoms in total. The fourth-order valence-corrected chi connectivity index (χ4v) is 1.53. The number of hydrogen-bond acceptors (Lipinski definition) is 4. The summed E-state index contributed by atoms with van der Waals surface area (Å²) >= 11 is 0. The van der Waals surface area contributed by atoms with Crippen molar-refractivity contribution in [3.8, 4) is 0 Å². The van der Waals surface area contributed by atoms with Crippen LogP contribution in [0.1, 0.15) is 34.1 Å². The number of ketones is 1. The van der Waals surface area contributed by atoms with Gasteiger partial charge < -0.3 is 9.64 Å². The van der Waals surface area contributed by atoms with Gasteiger partial charge in [-0.3, -0.25) is 4.79 Å². The summed E-state index contributed by atoms with van der Waals surface area (Å²) in [5, 5.41) is 0. The topological polar surface area (TPSA) is 59.0 Å². The molecule has 5 heteroatoms. The zero-order chi connectivity index (χ0) is 14.1. The van der Waals surface area contributed by atoms with Gasteiger partial charge in [-0.2, -0.15) is 4.99 Å². The number of aliphatic imine (C=N–C) groups is 1. The summed E-state index contributed by atoms with van der Waals surface area (Å²) < 4.78 is 4.48. The van der Waals surface area contributed by atoms with Crippen LogP contribution in [0.4, 0.5) is 4.79 Å². The molecule has 0 aliphatic heterocycles. The normalized spacial score (nSPS) is 12.1. The highest BCUT2D eigenvalue weighted by Gasteiger charge is 2.17. The maximum absolute atomic E-state index is 11.9. The summed E-state index contributed by atoms with van der Waals surface area (Å²) in [5.41, 5.74) is 0.309. The standard InChI is InChI=1S/C13H24N2O3/c1-6-15(7-2)9-8-11(12(16)10(3)4)14-13(17)18-5/h10H,6-9H2,1-5H3. The number of carbonyl (C=O) groups is 2. The van der Waals surface area contributed by atoms with E-state index in [1.54, 1.807) is 13.8 Å². The Morgan fingerprint density at radius 1 is 1.22 bits per heavy atom. The Morgan fingerprint density at radius 2 is 1.78 bits per heavy atom. The van der Waals surface area contributed by atoms with Gasteiger partial charge in [-0.1, -0.05) is 27.7 Å². The van der Waals surface area contributed by atoms with Gasteiger partial charge >= 0.3 is 6.09 Å². The van der Waals surface area contributed by atoms with Crippen molar-refractivity contribution in [2.75, 3.05) is 26.7 Å². The molecule has 0 rings (SSSR count). The number of rotatable bonds is 7. The molecule has 0 aliphatic carbocycles. The third-order valence-corrected chi connectivity index (χ3v) is 2.77. The number of ether oxygens (including phenoxy) is 1. The van der Waals surface area contributed by atoms with E-state index in [0.717, 1.165) is 19.6 Å². The SMILES string of the molecule is CCN(CC)CCC(=NC(=O)OC)C(=O)C(C)C. The number of hydrogen-bond donors (Lipinski definition) is 0. The lowest BCUT2D eigenvalue weighted by Crippen LogP contribution is -2.29. The van der Waals surface area contributed by atoms with Crippen LogP contribution < -0.4 is 0 Å². The zero-order valence-electron chi connectivity index (χ0n) is 12.0. The van der Waals surface area contributed by atoms with E-state index in [1.807, 2.05) is 0 Å². The van der Waals surface area contributed by atoms with Crippen LogP contribution in [0, 0.1) is 5.92 Å². The fraction of sp³-hybridized carbons (Fsp3) is 0.769. The third-order valence-electron chi connectivity index (χ3n) is 2.77. The Kier molecular flexibility index (Phi) is 8.20. The van der Waals surface area contributed by atoms with Crippen LogP contribution in [0.25, 0.3) is 0 Å². The molecule has 18 heavy (non-hydrogen) atoms. The summed E-state index contributed by atoms with van der Waals surface area (Å²) in [6.45, 7) is 10.3. The van der Waals surface area contributed by atoms with E-state index in [9.17, 15) is 9.59 Å². The minimum atomic E-state index is -0.710. The van der Waals surface area contributed by atoms with Crippen molar-refractivity contribution in [2.24, 2.45) is 10.9 Å². The predicted molar refractivity (Wildman–Crippen MR) is 72.1 cm³/mol. The second-order valence-electron chi connectivity index (χ2n) is 4.32. The van der Waals surface area contributed by atoms with Crippen LogP contribution in [0.5, 0.6) is 0 Å². The van der Waals surface area contributed by atoms with Gasteiger partial charge in [0.05, 0.1) is 12.8 Å². The van der Waals surface area contributed by atoms with E-state index in [4.69, 9.17) is 0 Å². The molecular formula is C13H24N2O3. The summed E-state index contributed by atoms with van der Waals surface area (Å²) in [6, 6.07) is 0. The van der Waals surface area contributed by atoms with Crippen LogP contribution in [-0.2, 0) is 9.53 Å². The van der Waals surface area contributed by atoms with Gasteiger partial charge in [0.15, 0.2) is 5.78 Å². The smallest absolute Gasteiger partial charge is 0.433 e. The Hall–Kier alpha value is -1.23. The van der Waals surface area contributed by atoms with E-state index < -0.39 is 6.09 Å². The van der Waals surface area contributed by atoms with Gasteiger partial charge in [-0.15, -0.1) is 0 Å². The number of nitrogens with zero attached hydrogens (tertiary/aromatic N) is 2. The lowest BCUT2D eigenvalue weighted by molar-refractivity contribution is -0.115. The van der Waals surface area contributed by atoms with Gasteiger partial charge in [0.1, 0.15) is 0 Å². The second-order valence-corrected chi connectivity index (χ2v) is 4.32. The summed E-state index contributed by atoms with van der Waals surface area (Å²) in [4.78, 5) is 29.0. The fourth-order valence-electron chi connectivity index (χ4n) is 1.53. The van der Waals surface area contributed by atoms with E-state index in [1.165, 1.54) is 7.11 Å². The summed E-state index contributed by atoms with van der Waals surface area (Å²) in [6.07, 6.45) is -0.230. The molecule has 0 unspecified atom stereocenters. The molecule has 0 bridgehead atoms. The van der Waals surface area contributed by atoms with Gasteiger partial charge in [0, 0.05) is 18.9 Å². The maximum atomic E-state index is 11.9. The average Bonchev–Trinajstić information content (AvgIpc) is 2.37. The molecule has 104 valence electrons. The van der Waals surface area contributed by atoms with Gasteiger partial charge in [0.25, 0.3) is 0 Å². The molecule has 0 fully saturated rings. The van der Waals surface area contributed by atoms with E-state index >= 15 is 0 Å². The molecule has 0 spiro atoms. The first-order chi connectivity index (χ1) is 8.46. The number of carbonyl (C=O) groups excluding carboxylic acids is 2. The molecule has 0 radical (unpaired) electrons. The van der Waals surface area contributed by atoms with E-state index in [2.05, 4.69) is 28.5 Å². The van der Waals surface area contributed by atoms with Crippen LogP contribution in [0.2, 0.25) is 0 Å². The molecule has 1 amide bonds. The van der Waals surface area contributed by atoms with Crippen LogP contribution in [-0.4, -0.2) is 49.2 Å². The lowest BCUT2D eigenvalue weighted by atomic mass is 10.0. The molecule has 0 atom stereocenters. The van der Waals surface area contributed by atoms with Crippen molar-refractivity contribution in [3.63, 3.8) is 0 Å². The minimum absolute atomic E-state index is 0.0902. The van der Waals surface area contributed by atoms with Crippen LogP contribution in [0.3, 0.4) is 0 Å². The summed E-state index contributed by atoms with van der Waals surface area (Å²) in [5.74, 6) is -0.252. The van der Waals surface area contributed by atoms with Crippen LogP contribution in [0.15, 0.2) is 4.99 Å². The quantitative estimate of drug-likeness (QED) is 0.655. The van der Waals surface area contributed by atoms with Crippen molar-refractivity contribution in [1.82, 2.24) is 4.90 Å². The molecule has 0 aromatic carbocycles. The third kappa shape index (κ3) is 5.91. The Labute approximate surface area is 109 Å². The first kappa shape index (κ1) is 16.8. The van der Waals surface area contributed by atoms with Crippen molar-refractivity contribution in [3.05, 3.63) is 0 Å². The van der Waals surface area contributed by atoms with Crippen molar-refractivity contribution in [2.45, 2.75) is 34.1 Å². The highest BCUT2D eigenvalue weighted by molar-refractivity contribution is 6.41. The Bertz CT molecular complexity index is 307. The Morgan fingerprint density at radius 3 is 2.17 bits per heavy atom. The monoisotopic (exact) mass is 256 g/mol. The first-order valence-electron chi connectivity index (χ1n) is 6.38. The van der Waals surface area contributed by atoms with Gasteiger partial charge in [-0.05, 0) is 13.1 Å². The van der Waals surface area contributed by atoms with Gasteiger partial charge in [0.2, 0.25) is 0 Å².